The molecule has 1 N–H and O–H groups in total. The van der Waals surface area contributed by atoms with E-state index in [-0.39, 0.29) is 14.5 Å². The number of carbonyl (C=O) groups is 1. The predicted molar refractivity (Wildman–Crippen MR) is 95.2 cm³/mol. The van der Waals surface area contributed by atoms with Gasteiger partial charge in [0.25, 0.3) is 0 Å². The number of piperidine rings is 1. The predicted octanol–water partition coefficient (Wildman–Crippen LogP) is 1.90. The van der Waals surface area contributed by atoms with Crippen molar-refractivity contribution in [2.75, 3.05) is 13.1 Å². The van der Waals surface area contributed by atoms with E-state index in [2.05, 4.69) is 35.2 Å². The number of amides is 1. The van der Waals surface area contributed by atoms with Crippen LogP contribution in [0, 0.1) is 0 Å². The van der Waals surface area contributed by atoms with E-state index in [1.54, 1.807) is 6.20 Å². The third kappa shape index (κ3) is 3.95. The minimum atomic E-state index is -0.429. The number of aromatic nitrogens is 2. The Balaban J connectivity index is 2.30. The number of nitrogens with one attached hydrogen (secondary N) is 1. The van der Waals surface area contributed by atoms with Gasteiger partial charge in [0.1, 0.15) is 0 Å². The molecule has 0 bridgehead atoms. The number of aromatic amines is 1. The van der Waals surface area contributed by atoms with Gasteiger partial charge in [0, 0.05) is 25.5 Å². The Morgan fingerprint density at radius 3 is 2.38 bits per heavy atom. The highest BCUT2D eigenvalue weighted by atomic mass is 32.1. The van der Waals surface area contributed by atoms with Crippen molar-refractivity contribution in [1.29, 1.82) is 0 Å². The number of imidazole rings is 1. The highest BCUT2D eigenvalue weighted by Gasteiger charge is 2.32. The Hall–Kier alpha value is -0.680. The summed E-state index contributed by atoms with van der Waals surface area (Å²) in [5, 5.41) is 4.65. The Bertz CT molecular complexity index is 529. The maximum atomic E-state index is 12.6. The highest BCUT2D eigenvalue weighted by Crippen LogP contribution is 2.19. The second-order valence-electron chi connectivity index (χ2n) is 4.42. The number of carbonyl (C=O) groups excluding carboxylic acids is 1. The van der Waals surface area contributed by atoms with E-state index in [1.165, 1.54) is 16.3 Å². The first-order valence-electron chi connectivity index (χ1n) is 6.37. The molecule has 0 unspecified atom stereocenters. The summed E-state index contributed by atoms with van der Waals surface area (Å²) in [4.78, 5) is 19.3. The Labute approximate surface area is 144 Å². The summed E-state index contributed by atoms with van der Waals surface area (Å²) in [6.45, 7) is 1.55. The number of hydrogen-bond acceptors (Lipinski definition) is 5. The molecule has 1 saturated heterocycles. The summed E-state index contributed by atoms with van der Waals surface area (Å²) < 4.78 is 0.312. The maximum absolute atomic E-state index is 12.6. The van der Waals surface area contributed by atoms with E-state index in [4.69, 9.17) is 24.4 Å². The normalized spacial score (nSPS) is 15.5. The average Bonchev–Trinajstić information content (AvgIpc) is 2.98. The van der Waals surface area contributed by atoms with Crippen LogP contribution < -0.4 is 0 Å². The molecule has 0 aromatic carbocycles. The molecular formula is C11H15N5OS4. The molecule has 0 atom stereocenters. The number of H-pyrrole nitrogens is 1. The second-order valence-corrected chi connectivity index (χ2v) is 6.65. The van der Waals surface area contributed by atoms with E-state index in [0.717, 1.165) is 32.4 Å². The first-order chi connectivity index (χ1) is 10.0. The van der Waals surface area contributed by atoms with Gasteiger partial charge in [0.2, 0.25) is 0 Å². The van der Waals surface area contributed by atoms with Gasteiger partial charge in [-0.15, -0.1) is 25.3 Å². The van der Waals surface area contributed by atoms with Crippen LogP contribution in [-0.2, 0) is 0 Å². The van der Waals surface area contributed by atoms with E-state index in [9.17, 15) is 4.79 Å². The second kappa shape index (κ2) is 7.54. The number of nitrogens with zero attached hydrogens (tertiary/aromatic N) is 4. The maximum Gasteiger partial charge on any atom is 0.315 e. The number of rotatable bonds is 2. The summed E-state index contributed by atoms with van der Waals surface area (Å²) in [7, 11) is 0. The van der Waals surface area contributed by atoms with E-state index >= 15 is 0 Å². The SMILES string of the molecule is O=C(c1ncc[nH]1)N(C(=S)S)N(C(=S)S)N1CCCCC1. The van der Waals surface area contributed by atoms with Crippen molar-refractivity contribution in [2.24, 2.45) is 0 Å². The molecule has 1 amide bonds. The minimum Gasteiger partial charge on any atom is -0.340 e. The summed E-state index contributed by atoms with van der Waals surface area (Å²) >= 11 is 18.6. The van der Waals surface area contributed by atoms with Gasteiger partial charge in [0.15, 0.2) is 14.5 Å². The lowest BCUT2D eigenvalue weighted by molar-refractivity contribution is -0.0684. The zero-order chi connectivity index (χ0) is 15.4. The molecule has 0 saturated carbocycles. The molecule has 10 heteroatoms. The molecule has 1 aliphatic rings. The topological polar surface area (TPSA) is 55.5 Å². The fourth-order valence-corrected chi connectivity index (χ4v) is 2.88. The Kier molecular flexibility index (Phi) is 5.99. The first-order valence-corrected chi connectivity index (χ1v) is 8.08. The number of thiol groups is 2. The van der Waals surface area contributed by atoms with E-state index < -0.39 is 5.91 Å². The first kappa shape index (κ1) is 16.7. The largest absolute Gasteiger partial charge is 0.340 e. The van der Waals surface area contributed by atoms with Crippen LogP contribution in [0.2, 0.25) is 0 Å². The van der Waals surface area contributed by atoms with Crippen molar-refractivity contribution < 1.29 is 4.79 Å². The number of thiocarbonyl (C=S) groups is 2. The molecule has 0 radical (unpaired) electrons. The monoisotopic (exact) mass is 361 g/mol. The number of hydrogen-bond donors (Lipinski definition) is 3. The lowest BCUT2D eigenvalue weighted by Gasteiger charge is -2.42. The van der Waals surface area contributed by atoms with Crippen LogP contribution in [0.15, 0.2) is 12.4 Å². The summed E-state index contributed by atoms with van der Waals surface area (Å²) in [6.07, 6.45) is 6.26. The van der Waals surface area contributed by atoms with Gasteiger partial charge in [-0.3, -0.25) is 4.79 Å². The van der Waals surface area contributed by atoms with Crippen molar-refractivity contribution in [3.8, 4) is 0 Å². The molecule has 6 nitrogen and oxygen atoms in total. The van der Waals surface area contributed by atoms with Crippen molar-refractivity contribution in [3.05, 3.63) is 18.2 Å². The van der Waals surface area contributed by atoms with Gasteiger partial charge in [0.05, 0.1) is 0 Å². The molecule has 2 heterocycles. The molecule has 1 aliphatic heterocycles. The number of hydrazine groups is 2. The van der Waals surface area contributed by atoms with Gasteiger partial charge in [-0.05, 0) is 25.1 Å². The lowest BCUT2D eigenvalue weighted by atomic mass is 10.2. The van der Waals surface area contributed by atoms with Crippen LogP contribution in [0.1, 0.15) is 29.9 Å². The molecule has 21 heavy (non-hydrogen) atoms. The van der Waals surface area contributed by atoms with Crippen molar-refractivity contribution in [1.82, 2.24) is 25.1 Å². The zero-order valence-electron chi connectivity index (χ0n) is 11.1. The standard InChI is InChI=1S/C11H15N5OS4/c17-9(8-12-4-5-13-8)15(10(18)19)16(11(20)21)14-6-2-1-3-7-14/h4-5H,1-3,6-7H2,(H,12,13)(H,18,19)(H,20,21). The lowest BCUT2D eigenvalue weighted by Crippen LogP contribution is -2.58. The van der Waals surface area contributed by atoms with Gasteiger partial charge in [-0.1, -0.05) is 18.6 Å². The van der Waals surface area contributed by atoms with E-state index in [1.807, 2.05) is 5.01 Å². The molecule has 1 aromatic rings. The molecule has 1 fully saturated rings. The van der Waals surface area contributed by atoms with Crippen LogP contribution in [0.5, 0.6) is 0 Å². The minimum absolute atomic E-state index is 0.0818. The van der Waals surface area contributed by atoms with Crippen LogP contribution in [0.25, 0.3) is 0 Å². The van der Waals surface area contributed by atoms with Gasteiger partial charge < -0.3 is 4.98 Å². The molecule has 0 aliphatic carbocycles. The Morgan fingerprint density at radius 1 is 1.24 bits per heavy atom. The molecule has 2 rings (SSSR count). The quantitative estimate of drug-likeness (QED) is 0.425. The van der Waals surface area contributed by atoms with Crippen LogP contribution in [-0.4, -0.2) is 52.7 Å². The molecular weight excluding hydrogens is 346 g/mol. The van der Waals surface area contributed by atoms with Crippen LogP contribution in [0.4, 0.5) is 0 Å². The van der Waals surface area contributed by atoms with Crippen molar-refractivity contribution in [2.45, 2.75) is 19.3 Å². The zero-order valence-corrected chi connectivity index (χ0v) is 14.5. The van der Waals surface area contributed by atoms with Crippen LogP contribution in [0.3, 0.4) is 0 Å². The molecule has 114 valence electrons. The highest BCUT2D eigenvalue weighted by molar-refractivity contribution is 8.11. The van der Waals surface area contributed by atoms with Gasteiger partial charge >= 0.3 is 5.91 Å². The van der Waals surface area contributed by atoms with Gasteiger partial charge in [-0.2, -0.15) is 15.1 Å². The molecule has 1 aromatic heterocycles. The Morgan fingerprint density at radius 2 is 1.90 bits per heavy atom. The summed E-state index contributed by atoms with van der Waals surface area (Å²) in [5.41, 5.74) is 0. The molecule has 0 spiro atoms. The smallest absolute Gasteiger partial charge is 0.315 e. The third-order valence-electron chi connectivity index (χ3n) is 3.04. The third-order valence-corrected chi connectivity index (χ3v) is 3.74. The van der Waals surface area contributed by atoms with Crippen molar-refractivity contribution in [3.63, 3.8) is 0 Å². The average molecular weight is 362 g/mol. The van der Waals surface area contributed by atoms with Crippen LogP contribution >= 0.6 is 49.7 Å². The van der Waals surface area contributed by atoms with Gasteiger partial charge in [-0.25, -0.2) is 4.98 Å². The summed E-state index contributed by atoms with van der Waals surface area (Å²) in [5.74, 6) is -0.264. The summed E-state index contributed by atoms with van der Waals surface area (Å²) in [6, 6.07) is 0. The fourth-order valence-electron chi connectivity index (χ4n) is 2.14. The fraction of sp³-hybridized carbons (Fsp3) is 0.455. The van der Waals surface area contributed by atoms with Crippen molar-refractivity contribution >= 4 is 64.2 Å². The van der Waals surface area contributed by atoms with E-state index in [0.29, 0.717) is 0 Å².